The monoisotopic (exact) mass is 191 g/mol. The molecule has 1 aromatic carbocycles. The molecule has 3 N–H and O–H groups in total. The molecule has 0 aliphatic carbocycles. The summed E-state index contributed by atoms with van der Waals surface area (Å²) in [6.07, 6.45) is 0. The maximum Gasteiger partial charge on any atom is 0.288 e. The van der Waals surface area contributed by atoms with Crippen LogP contribution in [0.25, 0.3) is 0 Å². The van der Waals surface area contributed by atoms with E-state index in [-0.39, 0.29) is 0 Å². The van der Waals surface area contributed by atoms with Crippen LogP contribution in [-0.2, 0) is 5.92 Å². The summed E-state index contributed by atoms with van der Waals surface area (Å²) in [6, 6.07) is 2.43. The number of rotatable bonds is 2. The second-order valence-electron chi connectivity index (χ2n) is 2.57. The summed E-state index contributed by atoms with van der Waals surface area (Å²) in [7, 11) is 0. The van der Waals surface area contributed by atoms with Crippen molar-refractivity contribution in [2.75, 3.05) is 6.54 Å². The maximum absolute atomic E-state index is 12.8. The highest BCUT2D eigenvalue weighted by atomic mass is 19.3. The average Bonchev–Trinajstić information content (AvgIpc) is 2.03. The van der Waals surface area contributed by atoms with Gasteiger partial charge >= 0.3 is 0 Å². The molecule has 0 fully saturated rings. The Morgan fingerprint density at radius 2 is 2.00 bits per heavy atom. The summed E-state index contributed by atoms with van der Waals surface area (Å²) >= 11 is 0. The van der Waals surface area contributed by atoms with Crippen molar-refractivity contribution in [2.45, 2.75) is 5.92 Å². The van der Waals surface area contributed by atoms with E-state index in [0.717, 1.165) is 12.1 Å². The number of halogens is 3. The Balaban J connectivity index is 3.16. The van der Waals surface area contributed by atoms with Crippen LogP contribution in [0.2, 0.25) is 0 Å². The molecule has 1 rings (SSSR count). The van der Waals surface area contributed by atoms with Crippen molar-refractivity contribution in [3.8, 4) is 5.75 Å². The van der Waals surface area contributed by atoms with Gasteiger partial charge in [-0.3, -0.25) is 0 Å². The summed E-state index contributed by atoms with van der Waals surface area (Å²) < 4.78 is 38.5. The highest BCUT2D eigenvalue weighted by Crippen LogP contribution is 2.30. The smallest absolute Gasteiger partial charge is 0.288 e. The summed E-state index contributed by atoms with van der Waals surface area (Å²) in [4.78, 5) is 0. The Bertz CT molecular complexity index is 314. The zero-order valence-corrected chi connectivity index (χ0v) is 6.60. The Kier molecular flexibility index (Phi) is 2.47. The third-order valence-electron chi connectivity index (χ3n) is 1.60. The molecular weight excluding hydrogens is 183 g/mol. The molecule has 0 saturated carbocycles. The molecule has 72 valence electrons. The number of benzene rings is 1. The van der Waals surface area contributed by atoms with Crippen molar-refractivity contribution < 1.29 is 18.3 Å². The summed E-state index contributed by atoms with van der Waals surface area (Å²) in [5.41, 5.74) is 3.97. The van der Waals surface area contributed by atoms with E-state index in [2.05, 4.69) is 0 Å². The van der Waals surface area contributed by atoms with Crippen LogP contribution in [0.15, 0.2) is 18.2 Å². The number of aromatic hydroxyl groups is 1. The first kappa shape index (κ1) is 9.85. The number of phenolic OH excluding ortho intramolecular Hbond substituents is 1. The first-order valence-electron chi connectivity index (χ1n) is 3.54. The van der Waals surface area contributed by atoms with Crippen LogP contribution in [0.4, 0.5) is 13.2 Å². The molecule has 1 aromatic rings. The highest BCUT2D eigenvalue weighted by Gasteiger charge is 2.32. The van der Waals surface area contributed by atoms with Crippen molar-refractivity contribution in [2.24, 2.45) is 5.73 Å². The van der Waals surface area contributed by atoms with Crippen molar-refractivity contribution in [1.82, 2.24) is 0 Å². The van der Waals surface area contributed by atoms with Crippen molar-refractivity contribution in [3.63, 3.8) is 0 Å². The predicted octanol–water partition coefficient (Wildman–Crippen LogP) is 1.58. The zero-order chi connectivity index (χ0) is 10.1. The van der Waals surface area contributed by atoms with Crippen LogP contribution in [0.5, 0.6) is 5.75 Å². The van der Waals surface area contributed by atoms with Crippen LogP contribution in [-0.4, -0.2) is 11.7 Å². The Labute approximate surface area is 72.8 Å². The van der Waals surface area contributed by atoms with E-state index in [4.69, 9.17) is 10.8 Å². The summed E-state index contributed by atoms with van der Waals surface area (Å²) in [5.74, 6) is -4.94. The van der Waals surface area contributed by atoms with Gasteiger partial charge in [-0.2, -0.15) is 8.78 Å². The molecule has 0 atom stereocenters. The predicted molar refractivity (Wildman–Crippen MR) is 41.0 cm³/mol. The molecule has 0 saturated heterocycles. The fourth-order valence-corrected chi connectivity index (χ4v) is 0.911. The molecule has 13 heavy (non-hydrogen) atoms. The fraction of sp³-hybridized carbons (Fsp3) is 0.250. The largest absolute Gasteiger partial charge is 0.508 e. The minimum atomic E-state index is -3.39. The number of hydrogen-bond acceptors (Lipinski definition) is 2. The molecule has 2 nitrogen and oxygen atoms in total. The van der Waals surface area contributed by atoms with Gasteiger partial charge in [0.25, 0.3) is 5.92 Å². The van der Waals surface area contributed by atoms with E-state index in [9.17, 15) is 13.2 Å². The van der Waals surface area contributed by atoms with Gasteiger partial charge in [0.1, 0.15) is 11.6 Å². The molecule has 0 unspecified atom stereocenters. The lowest BCUT2D eigenvalue weighted by molar-refractivity contribution is 0.00234. The van der Waals surface area contributed by atoms with Crippen LogP contribution in [0.1, 0.15) is 5.56 Å². The van der Waals surface area contributed by atoms with Crippen molar-refractivity contribution in [3.05, 3.63) is 29.6 Å². The Morgan fingerprint density at radius 3 is 2.46 bits per heavy atom. The van der Waals surface area contributed by atoms with Gasteiger partial charge in [-0.05, 0) is 12.1 Å². The molecule has 0 aliphatic heterocycles. The van der Waals surface area contributed by atoms with Gasteiger partial charge in [-0.1, -0.05) is 0 Å². The molecular formula is C8H8F3NO. The summed E-state index contributed by atoms with van der Waals surface area (Å²) in [6.45, 7) is -0.964. The molecule has 0 heterocycles. The fourth-order valence-electron chi connectivity index (χ4n) is 0.911. The van der Waals surface area contributed by atoms with Crippen LogP contribution in [0, 0.1) is 5.82 Å². The molecule has 0 aromatic heterocycles. The normalized spacial score (nSPS) is 11.7. The van der Waals surface area contributed by atoms with Crippen LogP contribution >= 0.6 is 0 Å². The zero-order valence-electron chi connectivity index (χ0n) is 6.60. The van der Waals surface area contributed by atoms with E-state index in [1.807, 2.05) is 0 Å². The van der Waals surface area contributed by atoms with E-state index in [0.29, 0.717) is 6.07 Å². The Hall–Kier alpha value is -1.23. The number of phenols is 1. The number of hydrogen-bond donors (Lipinski definition) is 2. The van der Waals surface area contributed by atoms with E-state index in [1.165, 1.54) is 0 Å². The lowest BCUT2D eigenvalue weighted by atomic mass is 10.1. The minimum absolute atomic E-state index is 0.394. The van der Waals surface area contributed by atoms with E-state index < -0.39 is 29.6 Å². The minimum Gasteiger partial charge on any atom is -0.508 e. The van der Waals surface area contributed by atoms with Gasteiger partial charge in [-0.15, -0.1) is 0 Å². The third-order valence-corrected chi connectivity index (χ3v) is 1.60. The first-order valence-corrected chi connectivity index (χ1v) is 3.54. The molecule has 0 amide bonds. The van der Waals surface area contributed by atoms with Gasteiger partial charge in [0.2, 0.25) is 0 Å². The van der Waals surface area contributed by atoms with Gasteiger partial charge < -0.3 is 10.8 Å². The van der Waals surface area contributed by atoms with E-state index >= 15 is 0 Å². The van der Waals surface area contributed by atoms with Gasteiger partial charge in [-0.25, -0.2) is 4.39 Å². The molecule has 0 radical (unpaired) electrons. The highest BCUT2D eigenvalue weighted by molar-refractivity contribution is 5.30. The topological polar surface area (TPSA) is 46.2 Å². The molecule has 0 bridgehead atoms. The van der Waals surface area contributed by atoms with Crippen molar-refractivity contribution in [1.29, 1.82) is 0 Å². The third kappa shape index (κ3) is 1.92. The van der Waals surface area contributed by atoms with Gasteiger partial charge in [0.15, 0.2) is 0 Å². The number of alkyl halides is 2. The SMILES string of the molecule is NCC(F)(F)c1ccc(O)cc1F. The molecule has 0 spiro atoms. The van der Waals surface area contributed by atoms with E-state index in [1.54, 1.807) is 0 Å². The second kappa shape index (κ2) is 3.26. The van der Waals surface area contributed by atoms with Crippen LogP contribution < -0.4 is 5.73 Å². The van der Waals surface area contributed by atoms with Gasteiger partial charge in [0, 0.05) is 6.07 Å². The molecule has 0 aliphatic rings. The lowest BCUT2D eigenvalue weighted by Crippen LogP contribution is -2.26. The first-order chi connectivity index (χ1) is 5.97. The van der Waals surface area contributed by atoms with Crippen LogP contribution in [0.3, 0.4) is 0 Å². The standard InChI is InChI=1S/C8H8F3NO/c9-7-3-5(13)1-2-6(7)8(10,11)4-12/h1-3,13H,4,12H2. The average molecular weight is 191 g/mol. The molecule has 5 heteroatoms. The van der Waals surface area contributed by atoms with Crippen molar-refractivity contribution >= 4 is 0 Å². The second-order valence-corrected chi connectivity index (χ2v) is 2.57. The summed E-state index contributed by atoms with van der Waals surface area (Å²) in [5, 5.41) is 8.76. The quantitative estimate of drug-likeness (QED) is 0.745. The number of nitrogens with two attached hydrogens (primary N) is 1. The lowest BCUT2D eigenvalue weighted by Gasteiger charge is -2.14. The van der Waals surface area contributed by atoms with Gasteiger partial charge in [0.05, 0.1) is 12.1 Å². The Morgan fingerprint density at radius 1 is 1.38 bits per heavy atom. The maximum atomic E-state index is 12.8.